The van der Waals surface area contributed by atoms with Crippen LogP contribution < -0.4 is 0 Å². The summed E-state index contributed by atoms with van der Waals surface area (Å²) in [7, 11) is 0. The van der Waals surface area contributed by atoms with Crippen LogP contribution in [0, 0.1) is 0 Å². The molecule has 81 heavy (non-hydrogen) atoms. The number of unbranched alkanes of at least 4 members (excludes halogenated alkanes) is 33. The Morgan fingerprint density at radius 3 is 0.753 bits per heavy atom. The summed E-state index contributed by atoms with van der Waals surface area (Å²) in [6, 6.07) is 0. The van der Waals surface area contributed by atoms with Gasteiger partial charge in [-0.05, 0) is 103 Å². The van der Waals surface area contributed by atoms with Gasteiger partial charge in [-0.3, -0.25) is 14.4 Å². The molecule has 0 rings (SSSR count). The van der Waals surface area contributed by atoms with Crippen molar-refractivity contribution in [1.29, 1.82) is 0 Å². The molecule has 0 aromatic rings. The van der Waals surface area contributed by atoms with E-state index in [4.69, 9.17) is 14.2 Å². The quantitative estimate of drug-likeness (QED) is 0.0261. The van der Waals surface area contributed by atoms with Gasteiger partial charge in [0.15, 0.2) is 6.10 Å². The summed E-state index contributed by atoms with van der Waals surface area (Å²) in [5.41, 5.74) is 0. The van der Waals surface area contributed by atoms with Crippen LogP contribution in [0.3, 0.4) is 0 Å². The molecule has 0 amide bonds. The highest BCUT2D eigenvalue weighted by Crippen LogP contribution is 2.17. The largest absolute Gasteiger partial charge is 0.462 e. The van der Waals surface area contributed by atoms with E-state index in [2.05, 4.69) is 130 Å². The molecule has 0 N–H and O–H groups in total. The second-order valence-electron chi connectivity index (χ2n) is 22.7. The molecule has 0 aliphatic rings. The van der Waals surface area contributed by atoms with Gasteiger partial charge < -0.3 is 14.2 Å². The van der Waals surface area contributed by atoms with Gasteiger partial charge in [0.1, 0.15) is 13.2 Å². The van der Waals surface area contributed by atoms with Crippen molar-refractivity contribution < 1.29 is 28.6 Å². The fourth-order valence-electron chi connectivity index (χ4n) is 9.70. The van der Waals surface area contributed by atoms with Crippen LogP contribution in [0.1, 0.15) is 329 Å². The molecule has 0 saturated carbocycles. The van der Waals surface area contributed by atoms with Crippen molar-refractivity contribution in [2.45, 2.75) is 335 Å². The molecule has 6 nitrogen and oxygen atoms in total. The van der Waals surface area contributed by atoms with Gasteiger partial charge in [0.25, 0.3) is 0 Å². The number of carbonyl (C=O) groups excluding carboxylic acids is 3. The first-order valence-electron chi connectivity index (χ1n) is 34.4. The molecule has 0 heterocycles. The van der Waals surface area contributed by atoms with Crippen LogP contribution >= 0.6 is 0 Å². The number of ether oxygens (including phenoxy) is 3. The molecule has 1 atom stereocenters. The molecule has 464 valence electrons. The third kappa shape index (κ3) is 66.8. The number of hydrogen-bond acceptors (Lipinski definition) is 6. The summed E-state index contributed by atoms with van der Waals surface area (Å²) < 4.78 is 17.0. The van der Waals surface area contributed by atoms with E-state index in [1.165, 1.54) is 161 Å². The lowest BCUT2D eigenvalue weighted by molar-refractivity contribution is -0.167. The van der Waals surface area contributed by atoms with Crippen LogP contribution in [0.4, 0.5) is 0 Å². The maximum atomic E-state index is 13.0. The lowest BCUT2D eigenvalue weighted by atomic mass is 10.0. The van der Waals surface area contributed by atoms with Crippen molar-refractivity contribution in [2.75, 3.05) is 13.2 Å². The van der Waals surface area contributed by atoms with Crippen LogP contribution in [-0.2, 0) is 28.6 Å². The Labute approximate surface area is 501 Å². The Hall–Kier alpha value is -3.93. The Bertz CT molecular complexity index is 1620. The highest BCUT2D eigenvalue weighted by molar-refractivity contribution is 5.71. The van der Waals surface area contributed by atoms with Crippen molar-refractivity contribution in [2.24, 2.45) is 0 Å². The normalized spacial score (nSPS) is 12.8. The first kappa shape index (κ1) is 77.1. The van der Waals surface area contributed by atoms with Gasteiger partial charge in [-0.1, -0.05) is 316 Å². The molecular formula is C75H128O6. The second kappa shape index (κ2) is 68.6. The Balaban J connectivity index is 4.41. The SMILES string of the molecule is CC/C=C\C/C=C\C/C=C\C/C=C\C/C=C\CCCCCCCCCC(=O)OCC(COC(=O)CCCCCCCCCCCCCCCCCCCCC)OC(=O)CCCCCCCCCC/C=C\C/C=C\C/C=C\C/C=C\CC. The highest BCUT2D eigenvalue weighted by atomic mass is 16.6. The third-order valence-electron chi connectivity index (χ3n) is 14.8. The van der Waals surface area contributed by atoms with Crippen LogP contribution in [0.15, 0.2) is 109 Å². The van der Waals surface area contributed by atoms with Gasteiger partial charge in [0, 0.05) is 19.3 Å². The second-order valence-corrected chi connectivity index (χ2v) is 22.7. The molecule has 0 aliphatic heterocycles. The summed E-state index contributed by atoms with van der Waals surface area (Å²) in [4.78, 5) is 38.5. The minimum absolute atomic E-state index is 0.0830. The van der Waals surface area contributed by atoms with Crippen molar-refractivity contribution in [1.82, 2.24) is 0 Å². The van der Waals surface area contributed by atoms with E-state index < -0.39 is 6.10 Å². The van der Waals surface area contributed by atoms with Crippen LogP contribution in [0.5, 0.6) is 0 Å². The molecule has 0 spiro atoms. The molecule has 1 unspecified atom stereocenters. The fraction of sp³-hybridized carbons (Fsp3) is 0.720. The Kier molecular flexibility index (Phi) is 65.2. The summed E-state index contributed by atoms with van der Waals surface area (Å²) >= 11 is 0. The molecule has 0 radical (unpaired) electrons. The monoisotopic (exact) mass is 1120 g/mol. The Morgan fingerprint density at radius 2 is 0.481 bits per heavy atom. The van der Waals surface area contributed by atoms with E-state index in [1.54, 1.807) is 0 Å². The lowest BCUT2D eigenvalue weighted by Crippen LogP contribution is -2.30. The third-order valence-corrected chi connectivity index (χ3v) is 14.8. The van der Waals surface area contributed by atoms with Gasteiger partial charge in [-0.15, -0.1) is 0 Å². The predicted octanol–water partition coefficient (Wildman–Crippen LogP) is 23.8. The number of allylic oxidation sites excluding steroid dienone is 18. The van der Waals surface area contributed by atoms with Crippen molar-refractivity contribution >= 4 is 17.9 Å². The van der Waals surface area contributed by atoms with Gasteiger partial charge >= 0.3 is 17.9 Å². The number of rotatable bonds is 62. The van der Waals surface area contributed by atoms with Crippen LogP contribution in [0.2, 0.25) is 0 Å². The average Bonchev–Trinajstić information content (AvgIpc) is 3.47. The smallest absolute Gasteiger partial charge is 0.306 e. The number of carbonyl (C=O) groups is 3. The van der Waals surface area contributed by atoms with E-state index in [-0.39, 0.29) is 31.1 Å². The van der Waals surface area contributed by atoms with E-state index in [0.29, 0.717) is 19.3 Å². The topological polar surface area (TPSA) is 78.9 Å². The molecular weight excluding hydrogens is 997 g/mol. The fourth-order valence-corrected chi connectivity index (χ4v) is 9.70. The number of esters is 3. The summed E-state index contributed by atoms with van der Waals surface area (Å²) in [5.74, 6) is -0.888. The molecule has 0 fully saturated rings. The zero-order valence-corrected chi connectivity index (χ0v) is 53.3. The zero-order valence-electron chi connectivity index (χ0n) is 53.3. The number of hydrogen-bond donors (Lipinski definition) is 0. The summed E-state index contributed by atoms with van der Waals surface area (Å²) in [5, 5.41) is 0. The van der Waals surface area contributed by atoms with E-state index in [1.807, 2.05) is 0 Å². The zero-order chi connectivity index (χ0) is 58.5. The molecule has 0 aromatic carbocycles. The van der Waals surface area contributed by atoms with E-state index >= 15 is 0 Å². The maximum Gasteiger partial charge on any atom is 0.306 e. The standard InChI is InChI=1S/C75H128O6/c1-4-7-10-13-16-19-22-25-28-31-34-36-37-39-41-44-47-50-53-56-59-62-65-68-74(77)80-71-72(70-79-73(76)67-64-61-58-55-52-49-46-43-40-33-30-27-24-21-18-15-12-9-6-3)81-75(78)69-66-63-60-57-54-51-48-45-42-38-35-32-29-26-23-20-17-14-11-8-5-2/h7-8,10-11,16-17,19-20,25-26,28-29,34-36,38-39,41,72H,4-6,9,12-15,18,21-24,27,30-33,37,40,42-71H2,1-3H3/b10-7-,11-8-,19-16-,20-17-,28-25-,29-26-,36-34-,38-35-,41-39-. The van der Waals surface area contributed by atoms with Gasteiger partial charge in [0.05, 0.1) is 0 Å². The molecule has 0 aromatic heterocycles. The van der Waals surface area contributed by atoms with Crippen molar-refractivity contribution in [3.8, 4) is 0 Å². The van der Waals surface area contributed by atoms with Crippen LogP contribution in [-0.4, -0.2) is 37.2 Å². The van der Waals surface area contributed by atoms with Crippen molar-refractivity contribution in [3.63, 3.8) is 0 Å². The summed E-state index contributed by atoms with van der Waals surface area (Å²) in [6.45, 7) is 6.44. The van der Waals surface area contributed by atoms with Gasteiger partial charge in [-0.25, -0.2) is 0 Å². The van der Waals surface area contributed by atoms with E-state index in [0.717, 1.165) is 128 Å². The minimum Gasteiger partial charge on any atom is -0.462 e. The molecule has 0 aliphatic carbocycles. The maximum absolute atomic E-state index is 13.0. The van der Waals surface area contributed by atoms with Gasteiger partial charge in [-0.2, -0.15) is 0 Å². The van der Waals surface area contributed by atoms with E-state index in [9.17, 15) is 14.4 Å². The summed E-state index contributed by atoms with van der Waals surface area (Å²) in [6.07, 6.45) is 93.8. The minimum atomic E-state index is -0.790. The Morgan fingerprint density at radius 1 is 0.259 bits per heavy atom. The average molecular weight is 1130 g/mol. The molecule has 6 heteroatoms. The first-order valence-corrected chi connectivity index (χ1v) is 34.4. The predicted molar refractivity (Wildman–Crippen MR) is 353 cm³/mol. The van der Waals surface area contributed by atoms with Crippen LogP contribution in [0.25, 0.3) is 0 Å². The first-order chi connectivity index (χ1) is 40.0. The van der Waals surface area contributed by atoms with Crippen molar-refractivity contribution in [3.05, 3.63) is 109 Å². The van der Waals surface area contributed by atoms with Gasteiger partial charge in [0.2, 0.25) is 0 Å². The molecule has 0 bridgehead atoms. The highest BCUT2D eigenvalue weighted by Gasteiger charge is 2.19. The lowest BCUT2D eigenvalue weighted by Gasteiger charge is -2.18. The molecule has 0 saturated heterocycles.